The Morgan fingerprint density at radius 3 is 2.63 bits per heavy atom. The lowest BCUT2D eigenvalue weighted by atomic mass is 9.88. The van der Waals surface area contributed by atoms with Gasteiger partial charge in [0.2, 0.25) is 0 Å². The van der Waals surface area contributed by atoms with E-state index in [1.807, 2.05) is 12.2 Å². The van der Waals surface area contributed by atoms with E-state index in [2.05, 4.69) is 13.0 Å². The van der Waals surface area contributed by atoms with Crippen molar-refractivity contribution in [3.8, 4) is 0 Å². The van der Waals surface area contributed by atoms with Crippen LogP contribution in [0, 0.1) is 11.8 Å². The maximum Gasteiger partial charge on any atom is 0.305 e. The first-order chi connectivity index (χ1) is 13.0. The largest absolute Gasteiger partial charge is 0.466 e. The molecule has 0 aromatic heterocycles. The summed E-state index contributed by atoms with van der Waals surface area (Å²) in [6, 6.07) is 0. The molecule has 0 heterocycles. The van der Waals surface area contributed by atoms with Gasteiger partial charge in [0.25, 0.3) is 0 Å². The van der Waals surface area contributed by atoms with Gasteiger partial charge in [0.1, 0.15) is 0 Å². The molecule has 0 unspecified atom stereocenters. The summed E-state index contributed by atoms with van der Waals surface area (Å²) in [4.78, 5) is 11.5. The molecule has 5 nitrogen and oxygen atoms in total. The minimum Gasteiger partial charge on any atom is -0.466 e. The van der Waals surface area contributed by atoms with Gasteiger partial charge in [0, 0.05) is 18.8 Å². The molecule has 0 amide bonds. The van der Waals surface area contributed by atoms with E-state index < -0.39 is 18.3 Å². The van der Waals surface area contributed by atoms with Crippen molar-refractivity contribution in [2.75, 3.05) is 6.61 Å². The summed E-state index contributed by atoms with van der Waals surface area (Å²) in [6.07, 6.45) is 13.1. The molecule has 5 atom stereocenters. The second-order valence-corrected chi connectivity index (χ2v) is 7.46. The smallest absolute Gasteiger partial charge is 0.305 e. The van der Waals surface area contributed by atoms with E-state index in [9.17, 15) is 20.1 Å². The summed E-state index contributed by atoms with van der Waals surface area (Å²) >= 11 is 0. The molecule has 1 aliphatic rings. The standard InChI is InChI=1S/C22H38O5/c1-3-5-6-7-8-9-11-17(23)14-15-19-18(20(24)16-21(19)25)12-10-13-22(26)27-4-2/h8-9,14-15,17-21,23-25H,3-7,10-13,16H2,1-2H3/b9-8-,15-14+/t17-,18+,19-,20-,21+/m0/s1. The molecule has 1 rings (SSSR count). The number of esters is 1. The van der Waals surface area contributed by atoms with Crippen LogP contribution in [-0.2, 0) is 9.53 Å². The molecule has 1 saturated carbocycles. The van der Waals surface area contributed by atoms with Crippen LogP contribution in [0.1, 0.15) is 71.6 Å². The van der Waals surface area contributed by atoms with Crippen molar-refractivity contribution in [2.45, 2.75) is 89.9 Å². The zero-order chi connectivity index (χ0) is 20.1. The van der Waals surface area contributed by atoms with E-state index >= 15 is 0 Å². The number of carbonyl (C=O) groups excluding carboxylic acids is 1. The number of carbonyl (C=O) groups is 1. The van der Waals surface area contributed by atoms with Crippen LogP contribution in [0.4, 0.5) is 0 Å². The van der Waals surface area contributed by atoms with Crippen molar-refractivity contribution in [1.82, 2.24) is 0 Å². The molecule has 0 aliphatic heterocycles. The van der Waals surface area contributed by atoms with Gasteiger partial charge in [0.15, 0.2) is 0 Å². The lowest BCUT2D eigenvalue weighted by Crippen LogP contribution is -2.21. The van der Waals surface area contributed by atoms with Crippen molar-refractivity contribution in [2.24, 2.45) is 11.8 Å². The first-order valence-electron chi connectivity index (χ1n) is 10.5. The number of hydrogen-bond acceptors (Lipinski definition) is 5. The highest BCUT2D eigenvalue weighted by Crippen LogP contribution is 2.37. The lowest BCUT2D eigenvalue weighted by Gasteiger charge is -2.21. The van der Waals surface area contributed by atoms with Crippen LogP contribution in [0.3, 0.4) is 0 Å². The Morgan fingerprint density at radius 2 is 1.93 bits per heavy atom. The third-order valence-corrected chi connectivity index (χ3v) is 5.21. The van der Waals surface area contributed by atoms with Crippen LogP contribution in [0.15, 0.2) is 24.3 Å². The molecule has 5 heteroatoms. The van der Waals surface area contributed by atoms with E-state index in [-0.39, 0.29) is 17.8 Å². The molecule has 27 heavy (non-hydrogen) atoms. The normalized spacial score (nSPS) is 26.9. The molecule has 0 aromatic rings. The fourth-order valence-electron chi connectivity index (χ4n) is 3.69. The van der Waals surface area contributed by atoms with Crippen LogP contribution >= 0.6 is 0 Å². The van der Waals surface area contributed by atoms with Crippen molar-refractivity contribution in [3.05, 3.63) is 24.3 Å². The van der Waals surface area contributed by atoms with E-state index in [0.29, 0.717) is 38.7 Å². The Kier molecular flexibility index (Phi) is 12.3. The maximum absolute atomic E-state index is 11.5. The predicted octanol–water partition coefficient (Wildman–Crippen LogP) is 3.52. The third-order valence-electron chi connectivity index (χ3n) is 5.21. The van der Waals surface area contributed by atoms with E-state index in [1.54, 1.807) is 13.0 Å². The zero-order valence-electron chi connectivity index (χ0n) is 16.9. The van der Waals surface area contributed by atoms with Gasteiger partial charge in [-0.2, -0.15) is 0 Å². The topological polar surface area (TPSA) is 87.0 Å². The van der Waals surface area contributed by atoms with Crippen LogP contribution < -0.4 is 0 Å². The second-order valence-electron chi connectivity index (χ2n) is 7.46. The zero-order valence-corrected chi connectivity index (χ0v) is 16.9. The monoisotopic (exact) mass is 382 g/mol. The lowest BCUT2D eigenvalue weighted by molar-refractivity contribution is -0.143. The quantitative estimate of drug-likeness (QED) is 0.258. The fraction of sp³-hybridized carbons (Fsp3) is 0.773. The SMILES string of the molecule is CCCCC/C=C\C[C@H](O)/C=C/[C@H]1[C@@H](CCCC(=O)OCC)[C@@H](O)C[C@H]1O. The summed E-state index contributed by atoms with van der Waals surface area (Å²) in [5.41, 5.74) is 0. The van der Waals surface area contributed by atoms with Crippen LogP contribution in [0.25, 0.3) is 0 Å². The molecule has 156 valence electrons. The number of aliphatic hydroxyl groups excluding tert-OH is 3. The van der Waals surface area contributed by atoms with Gasteiger partial charge < -0.3 is 20.1 Å². The molecular formula is C22H38O5. The second kappa shape index (κ2) is 13.9. The fourth-order valence-corrected chi connectivity index (χ4v) is 3.69. The van der Waals surface area contributed by atoms with Crippen molar-refractivity contribution in [1.29, 1.82) is 0 Å². The molecule has 0 spiro atoms. The maximum atomic E-state index is 11.5. The number of aliphatic hydroxyl groups is 3. The van der Waals surface area contributed by atoms with Gasteiger partial charge in [-0.25, -0.2) is 0 Å². The summed E-state index contributed by atoms with van der Waals surface area (Å²) < 4.78 is 4.92. The molecule has 3 N–H and O–H groups in total. The van der Waals surface area contributed by atoms with E-state index in [0.717, 1.165) is 6.42 Å². The summed E-state index contributed by atoms with van der Waals surface area (Å²) in [6.45, 7) is 4.33. The predicted molar refractivity (Wildman–Crippen MR) is 107 cm³/mol. The summed E-state index contributed by atoms with van der Waals surface area (Å²) in [5.74, 6) is -0.508. The minimum atomic E-state index is -0.611. The van der Waals surface area contributed by atoms with Crippen molar-refractivity contribution >= 4 is 5.97 Å². The Labute approximate surface area is 164 Å². The Balaban J connectivity index is 2.44. The van der Waals surface area contributed by atoms with Gasteiger partial charge in [-0.15, -0.1) is 0 Å². The van der Waals surface area contributed by atoms with Crippen molar-refractivity contribution < 1.29 is 24.9 Å². The molecule has 0 bridgehead atoms. The van der Waals surface area contributed by atoms with Gasteiger partial charge in [0.05, 0.1) is 24.9 Å². The first kappa shape index (κ1) is 23.9. The highest BCUT2D eigenvalue weighted by Gasteiger charge is 2.39. The number of rotatable bonds is 13. The molecule has 1 aliphatic carbocycles. The number of ether oxygens (including phenoxy) is 1. The molecular weight excluding hydrogens is 344 g/mol. The Hall–Kier alpha value is -1.17. The van der Waals surface area contributed by atoms with Crippen LogP contribution in [-0.4, -0.2) is 46.2 Å². The molecule has 0 saturated heterocycles. The van der Waals surface area contributed by atoms with Gasteiger partial charge >= 0.3 is 5.97 Å². The minimum absolute atomic E-state index is 0.0949. The van der Waals surface area contributed by atoms with E-state index in [4.69, 9.17) is 4.74 Å². The third kappa shape index (κ3) is 9.54. The first-order valence-corrected chi connectivity index (χ1v) is 10.5. The molecule has 0 aromatic carbocycles. The van der Waals surface area contributed by atoms with Crippen LogP contribution in [0.5, 0.6) is 0 Å². The van der Waals surface area contributed by atoms with Crippen LogP contribution in [0.2, 0.25) is 0 Å². The van der Waals surface area contributed by atoms with Gasteiger partial charge in [-0.3, -0.25) is 4.79 Å². The molecule has 0 radical (unpaired) electrons. The Bertz CT molecular complexity index is 460. The summed E-state index contributed by atoms with van der Waals surface area (Å²) in [7, 11) is 0. The Morgan fingerprint density at radius 1 is 1.15 bits per heavy atom. The van der Waals surface area contributed by atoms with Gasteiger partial charge in [-0.1, -0.05) is 44.1 Å². The number of unbranched alkanes of at least 4 members (excludes halogenated alkanes) is 3. The highest BCUT2D eigenvalue weighted by molar-refractivity contribution is 5.69. The molecule has 1 fully saturated rings. The average molecular weight is 383 g/mol. The summed E-state index contributed by atoms with van der Waals surface area (Å²) in [5, 5.41) is 30.6. The highest BCUT2D eigenvalue weighted by atomic mass is 16.5. The number of allylic oxidation sites excluding steroid dienone is 1. The van der Waals surface area contributed by atoms with Crippen molar-refractivity contribution in [3.63, 3.8) is 0 Å². The average Bonchev–Trinajstić information content (AvgIpc) is 2.89. The van der Waals surface area contributed by atoms with Gasteiger partial charge in [-0.05, 0) is 44.9 Å². The van der Waals surface area contributed by atoms with E-state index in [1.165, 1.54) is 19.3 Å². The number of hydrogen-bond donors (Lipinski definition) is 3.